The lowest BCUT2D eigenvalue weighted by molar-refractivity contribution is 0.0697. The van der Waals surface area contributed by atoms with E-state index in [-0.39, 0.29) is 11.3 Å². The first kappa shape index (κ1) is 13.0. The van der Waals surface area contributed by atoms with Gasteiger partial charge in [-0.05, 0) is 37.1 Å². The number of aromatic carboxylic acids is 1. The molecule has 1 N–H and O–H groups in total. The summed E-state index contributed by atoms with van der Waals surface area (Å²) in [6, 6.07) is 11.9. The molecule has 3 heteroatoms. The highest BCUT2D eigenvalue weighted by atomic mass is 16.4. The molecule has 0 aliphatic heterocycles. The Bertz CT molecular complexity index is 657. The quantitative estimate of drug-likeness (QED) is 0.855. The average Bonchev–Trinajstić information content (AvgIpc) is 2.38. The fourth-order valence-corrected chi connectivity index (χ4v) is 1.97. The molecular weight excluding hydrogens is 240 g/mol. The minimum atomic E-state index is -1.03. The first-order chi connectivity index (χ1) is 9.00. The Morgan fingerprint density at radius 1 is 0.895 bits per heavy atom. The van der Waals surface area contributed by atoms with Crippen LogP contribution in [0.25, 0.3) is 0 Å². The summed E-state index contributed by atoms with van der Waals surface area (Å²) in [6.07, 6.45) is 0. The molecule has 0 spiro atoms. The maximum atomic E-state index is 12.5. The van der Waals surface area contributed by atoms with Crippen LogP contribution in [0.3, 0.4) is 0 Å². The predicted molar refractivity (Wildman–Crippen MR) is 72.7 cm³/mol. The Morgan fingerprint density at radius 3 is 2.16 bits per heavy atom. The largest absolute Gasteiger partial charge is 0.478 e. The van der Waals surface area contributed by atoms with Crippen LogP contribution >= 0.6 is 0 Å². The number of hydrogen-bond acceptors (Lipinski definition) is 2. The van der Waals surface area contributed by atoms with Crippen LogP contribution in [-0.4, -0.2) is 16.9 Å². The molecule has 0 fully saturated rings. The van der Waals surface area contributed by atoms with Crippen molar-refractivity contribution in [1.82, 2.24) is 0 Å². The molecule has 0 unspecified atom stereocenters. The van der Waals surface area contributed by atoms with Crippen LogP contribution < -0.4 is 0 Å². The van der Waals surface area contributed by atoms with E-state index in [1.165, 1.54) is 12.1 Å². The molecule has 0 heterocycles. The monoisotopic (exact) mass is 254 g/mol. The smallest absolute Gasteiger partial charge is 0.335 e. The summed E-state index contributed by atoms with van der Waals surface area (Å²) < 4.78 is 0. The zero-order valence-corrected chi connectivity index (χ0v) is 10.8. The second-order valence-corrected chi connectivity index (χ2v) is 4.48. The lowest BCUT2D eigenvalue weighted by atomic mass is 9.94. The second-order valence-electron chi connectivity index (χ2n) is 4.48. The fraction of sp³-hybridized carbons (Fsp3) is 0.125. The van der Waals surface area contributed by atoms with Gasteiger partial charge in [0.2, 0.25) is 0 Å². The van der Waals surface area contributed by atoms with Gasteiger partial charge in [-0.25, -0.2) is 4.79 Å². The van der Waals surface area contributed by atoms with E-state index >= 15 is 0 Å². The number of carboxylic acid groups (broad SMARTS) is 1. The molecule has 3 nitrogen and oxygen atoms in total. The third-order valence-corrected chi connectivity index (χ3v) is 3.12. The minimum absolute atomic E-state index is 0.127. The number of carbonyl (C=O) groups excluding carboxylic acids is 1. The number of rotatable bonds is 3. The SMILES string of the molecule is Cc1ccccc1C(=O)c1cc(C(=O)O)ccc1C. The first-order valence-electron chi connectivity index (χ1n) is 5.95. The summed E-state index contributed by atoms with van der Waals surface area (Å²) >= 11 is 0. The lowest BCUT2D eigenvalue weighted by Crippen LogP contribution is -2.08. The molecular formula is C16H14O3. The molecule has 0 saturated carbocycles. The maximum Gasteiger partial charge on any atom is 0.335 e. The van der Waals surface area contributed by atoms with Crippen LogP contribution in [0.4, 0.5) is 0 Å². The molecule has 0 aliphatic carbocycles. The van der Waals surface area contributed by atoms with Gasteiger partial charge in [-0.1, -0.05) is 30.3 Å². The standard InChI is InChI=1S/C16H14O3/c1-10-5-3-4-6-13(10)15(17)14-9-12(16(18)19)8-7-11(14)2/h3-9H,1-2H3,(H,18,19). The van der Waals surface area contributed by atoms with Crippen LogP contribution in [0, 0.1) is 13.8 Å². The molecule has 2 aromatic rings. The molecule has 0 aromatic heterocycles. The third kappa shape index (κ3) is 2.55. The van der Waals surface area contributed by atoms with Gasteiger partial charge >= 0.3 is 5.97 Å². The zero-order valence-electron chi connectivity index (χ0n) is 10.8. The van der Waals surface area contributed by atoms with Gasteiger partial charge in [0.25, 0.3) is 0 Å². The molecule has 0 atom stereocenters. The molecule has 2 aromatic carbocycles. The van der Waals surface area contributed by atoms with Crippen molar-refractivity contribution in [2.24, 2.45) is 0 Å². The van der Waals surface area contributed by atoms with Crippen molar-refractivity contribution in [2.45, 2.75) is 13.8 Å². The molecule has 0 radical (unpaired) electrons. The Labute approximate surface area is 111 Å². The van der Waals surface area contributed by atoms with Gasteiger partial charge in [-0.2, -0.15) is 0 Å². The Hall–Kier alpha value is -2.42. The minimum Gasteiger partial charge on any atom is -0.478 e. The average molecular weight is 254 g/mol. The van der Waals surface area contributed by atoms with Crippen LogP contribution in [0.2, 0.25) is 0 Å². The normalized spacial score (nSPS) is 10.2. The molecule has 0 aliphatic rings. The summed E-state index contributed by atoms with van der Waals surface area (Å²) in [7, 11) is 0. The Kier molecular flexibility index (Phi) is 3.47. The van der Waals surface area contributed by atoms with Crippen molar-refractivity contribution in [2.75, 3.05) is 0 Å². The topological polar surface area (TPSA) is 54.4 Å². The summed E-state index contributed by atoms with van der Waals surface area (Å²) in [4.78, 5) is 23.4. The number of ketones is 1. The first-order valence-corrected chi connectivity index (χ1v) is 5.95. The van der Waals surface area contributed by atoms with Crippen LogP contribution in [0.1, 0.15) is 37.4 Å². The van der Waals surface area contributed by atoms with E-state index < -0.39 is 5.97 Å². The van der Waals surface area contributed by atoms with Crippen LogP contribution in [0.15, 0.2) is 42.5 Å². The Morgan fingerprint density at radius 2 is 1.53 bits per heavy atom. The van der Waals surface area contributed by atoms with E-state index in [4.69, 9.17) is 5.11 Å². The molecule has 2 rings (SSSR count). The van der Waals surface area contributed by atoms with Crippen molar-refractivity contribution < 1.29 is 14.7 Å². The van der Waals surface area contributed by atoms with Gasteiger partial charge in [0, 0.05) is 11.1 Å². The summed E-state index contributed by atoms with van der Waals surface area (Å²) in [5.41, 5.74) is 2.83. The number of carboxylic acids is 1. The summed E-state index contributed by atoms with van der Waals surface area (Å²) in [6.45, 7) is 3.67. The van der Waals surface area contributed by atoms with E-state index in [1.54, 1.807) is 25.1 Å². The zero-order chi connectivity index (χ0) is 14.0. The van der Waals surface area contributed by atoms with E-state index in [0.29, 0.717) is 11.1 Å². The third-order valence-electron chi connectivity index (χ3n) is 3.12. The number of benzene rings is 2. The number of aryl methyl sites for hydroxylation is 2. The Balaban J connectivity index is 2.53. The maximum absolute atomic E-state index is 12.5. The van der Waals surface area contributed by atoms with Gasteiger partial charge in [-0.3, -0.25) is 4.79 Å². The van der Waals surface area contributed by atoms with Crippen molar-refractivity contribution >= 4 is 11.8 Å². The lowest BCUT2D eigenvalue weighted by Gasteiger charge is -2.08. The molecule has 19 heavy (non-hydrogen) atoms. The molecule has 0 saturated heterocycles. The van der Waals surface area contributed by atoms with Gasteiger partial charge in [0.1, 0.15) is 0 Å². The number of hydrogen-bond donors (Lipinski definition) is 1. The van der Waals surface area contributed by atoms with Crippen molar-refractivity contribution in [3.63, 3.8) is 0 Å². The highest BCUT2D eigenvalue weighted by molar-refractivity contribution is 6.11. The van der Waals surface area contributed by atoms with Crippen molar-refractivity contribution in [1.29, 1.82) is 0 Å². The second kappa shape index (κ2) is 5.06. The molecule has 0 amide bonds. The van der Waals surface area contributed by atoms with Gasteiger partial charge in [0.15, 0.2) is 5.78 Å². The van der Waals surface area contributed by atoms with Gasteiger partial charge in [0.05, 0.1) is 5.56 Å². The van der Waals surface area contributed by atoms with Gasteiger partial charge in [-0.15, -0.1) is 0 Å². The highest BCUT2D eigenvalue weighted by Crippen LogP contribution is 2.18. The predicted octanol–water partition coefficient (Wildman–Crippen LogP) is 3.23. The van der Waals surface area contributed by atoms with Crippen LogP contribution in [-0.2, 0) is 0 Å². The number of carbonyl (C=O) groups is 2. The van der Waals surface area contributed by atoms with E-state index in [9.17, 15) is 9.59 Å². The van der Waals surface area contributed by atoms with Crippen molar-refractivity contribution in [3.8, 4) is 0 Å². The van der Waals surface area contributed by atoms with E-state index in [1.807, 2.05) is 19.1 Å². The molecule has 96 valence electrons. The van der Waals surface area contributed by atoms with Crippen LogP contribution in [0.5, 0.6) is 0 Å². The summed E-state index contributed by atoms with van der Waals surface area (Å²) in [5.74, 6) is -1.17. The van der Waals surface area contributed by atoms with Gasteiger partial charge < -0.3 is 5.11 Å². The van der Waals surface area contributed by atoms with Crippen molar-refractivity contribution in [3.05, 3.63) is 70.3 Å². The summed E-state index contributed by atoms with van der Waals surface area (Å²) in [5, 5.41) is 9.00. The fourth-order valence-electron chi connectivity index (χ4n) is 1.97. The highest BCUT2D eigenvalue weighted by Gasteiger charge is 2.15. The molecule has 0 bridgehead atoms. The van der Waals surface area contributed by atoms with E-state index in [0.717, 1.165) is 11.1 Å². The van der Waals surface area contributed by atoms with E-state index in [2.05, 4.69) is 0 Å².